The maximum atomic E-state index is 13.7. The molecular formula is C67H74Cl5N11O7. The number of hydrogen-bond donors (Lipinski definition) is 4. The first kappa shape index (κ1) is 68.2. The summed E-state index contributed by atoms with van der Waals surface area (Å²) in [7, 11) is 0. The lowest BCUT2D eigenvalue weighted by molar-refractivity contribution is -0.123. The molecular weight excluding hydrogens is 1250 g/mol. The second-order valence-corrected chi connectivity index (χ2v) is 23.9. The van der Waals surface area contributed by atoms with Crippen molar-refractivity contribution in [1.82, 2.24) is 25.2 Å². The van der Waals surface area contributed by atoms with Crippen LogP contribution in [0, 0.1) is 34.6 Å². The first-order valence-electron chi connectivity index (χ1n) is 29.9. The summed E-state index contributed by atoms with van der Waals surface area (Å²) in [5, 5.41) is 24.8. The van der Waals surface area contributed by atoms with Crippen LogP contribution in [0.4, 0.5) is 28.4 Å². The number of carbonyl (C=O) groups is 3. The van der Waals surface area contributed by atoms with Crippen molar-refractivity contribution in [3.63, 3.8) is 0 Å². The number of benzene rings is 6. The Hall–Kier alpha value is -7.71. The number of aryl methyl sites for hydroxylation is 5. The van der Waals surface area contributed by atoms with Crippen LogP contribution in [0.1, 0.15) is 111 Å². The fourth-order valence-corrected chi connectivity index (χ4v) is 11.0. The molecule has 0 bridgehead atoms. The van der Waals surface area contributed by atoms with Crippen molar-refractivity contribution >= 4 is 116 Å². The summed E-state index contributed by atoms with van der Waals surface area (Å²) < 4.78 is 25.4. The van der Waals surface area contributed by atoms with Crippen molar-refractivity contribution in [2.24, 2.45) is 15.2 Å². The van der Waals surface area contributed by atoms with Gasteiger partial charge in [-0.2, -0.15) is 14.9 Å². The van der Waals surface area contributed by atoms with E-state index >= 15 is 0 Å². The Morgan fingerprint density at radius 2 is 1.41 bits per heavy atom. The summed E-state index contributed by atoms with van der Waals surface area (Å²) >= 11 is 31.9. The number of carbonyl (C=O) groups excluding carboxylic acids is 3. The molecule has 4 atom stereocenters. The van der Waals surface area contributed by atoms with Gasteiger partial charge in [0, 0.05) is 28.9 Å². The van der Waals surface area contributed by atoms with Gasteiger partial charge in [-0.1, -0.05) is 146 Å². The number of amidine groups is 1. The number of H-pyrrole nitrogens is 1. The van der Waals surface area contributed by atoms with Crippen molar-refractivity contribution in [3.8, 4) is 17.2 Å². The molecule has 0 radical (unpaired) electrons. The number of anilines is 3. The topological polar surface area (TPSA) is 211 Å². The number of nitrogens with one attached hydrogen (secondary N) is 4. The number of aliphatic imine (C=N–C) groups is 1. The maximum absolute atomic E-state index is 13.7. The summed E-state index contributed by atoms with van der Waals surface area (Å²) in [6.45, 7) is 19.4. The number of nitrogens with zero attached hydrogens (tertiary/aromatic N) is 7. The van der Waals surface area contributed by atoms with E-state index in [4.69, 9.17) is 77.0 Å². The maximum Gasteiger partial charge on any atom is 0.280 e. The van der Waals surface area contributed by atoms with Gasteiger partial charge < -0.3 is 29.6 Å². The number of rotatable bonds is 26. The number of aromatic nitrogens is 4. The Labute approximate surface area is 550 Å². The van der Waals surface area contributed by atoms with Gasteiger partial charge in [0.2, 0.25) is 6.04 Å². The van der Waals surface area contributed by atoms with Gasteiger partial charge in [-0.05, 0) is 163 Å². The lowest BCUT2D eigenvalue weighted by Gasteiger charge is -2.21. The Bertz CT molecular complexity index is 3850. The minimum atomic E-state index is -1.20. The van der Waals surface area contributed by atoms with Crippen molar-refractivity contribution < 1.29 is 33.3 Å². The molecule has 3 heterocycles. The Kier molecular flexibility index (Phi) is 24.5. The fraction of sp³-hybridized carbons (Fsp3) is 0.343. The molecule has 1 aliphatic rings. The van der Waals surface area contributed by atoms with E-state index in [1.807, 2.05) is 109 Å². The van der Waals surface area contributed by atoms with E-state index in [1.54, 1.807) is 41.0 Å². The van der Waals surface area contributed by atoms with Crippen LogP contribution in [0.2, 0.25) is 25.1 Å². The smallest absolute Gasteiger partial charge is 0.280 e. The molecule has 1 fully saturated rings. The monoisotopic (exact) mass is 1320 g/mol. The third-order valence-corrected chi connectivity index (χ3v) is 16.0. The first-order chi connectivity index (χ1) is 43.2. The number of hydrogen-bond acceptors (Lipinski definition) is 12. The highest BCUT2D eigenvalue weighted by atomic mass is 35.5. The highest BCUT2D eigenvalue weighted by molar-refractivity contribution is 6.43. The van der Waals surface area contributed by atoms with E-state index < -0.39 is 24.2 Å². The molecule has 474 valence electrons. The average Bonchev–Trinajstić information content (AvgIpc) is 1.64. The van der Waals surface area contributed by atoms with Crippen LogP contribution in [-0.4, -0.2) is 81.4 Å². The van der Waals surface area contributed by atoms with Gasteiger partial charge in [-0.3, -0.25) is 24.9 Å². The van der Waals surface area contributed by atoms with Crippen molar-refractivity contribution in [3.05, 3.63) is 180 Å². The largest absolute Gasteiger partial charge is 0.491 e. The number of unbranched alkanes of at least 4 members (excludes halogenated alkanes) is 3. The van der Waals surface area contributed by atoms with E-state index in [2.05, 4.69) is 66.4 Å². The zero-order valence-corrected chi connectivity index (χ0v) is 55.5. The molecule has 2 aromatic heterocycles. The first-order valence-corrected chi connectivity index (χ1v) is 31.7. The minimum Gasteiger partial charge on any atom is -0.491 e. The van der Waals surface area contributed by atoms with Crippen LogP contribution in [0.15, 0.2) is 130 Å². The number of fused-ring (bicyclic) bond motifs is 1. The van der Waals surface area contributed by atoms with Gasteiger partial charge in [-0.25, -0.2) is 15.0 Å². The summed E-state index contributed by atoms with van der Waals surface area (Å²) in [5.41, 5.74) is 11.6. The molecule has 0 saturated carbocycles. The number of hydrazine groups is 1. The van der Waals surface area contributed by atoms with Crippen LogP contribution in [0.5, 0.6) is 17.2 Å². The predicted octanol–water partition coefficient (Wildman–Crippen LogP) is 17.2. The molecule has 4 unspecified atom stereocenters. The Balaban J connectivity index is 0.000000233. The van der Waals surface area contributed by atoms with Gasteiger partial charge in [0.1, 0.15) is 34.6 Å². The molecule has 18 nitrogen and oxygen atoms in total. The molecule has 1 aliphatic heterocycles. The summed E-state index contributed by atoms with van der Waals surface area (Å²) in [6, 6.07) is 33.1. The second-order valence-electron chi connectivity index (χ2n) is 21.9. The molecule has 8 aromatic rings. The highest BCUT2D eigenvalue weighted by Gasteiger charge is 2.41. The second kappa shape index (κ2) is 32.3. The zero-order valence-electron chi connectivity index (χ0n) is 51.7. The average molecular weight is 1320 g/mol. The van der Waals surface area contributed by atoms with Crippen LogP contribution in [0.3, 0.4) is 0 Å². The van der Waals surface area contributed by atoms with Crippen LogP contribution >= 0.6 is 58.0 Å². The fourth-order valence-electron chi connectivity index (χ4n) is 9.69. The highest BCUT2D eigenvalue weighted by Crippen LogP contribution is 2.39. The van der Waals surface area contributed by atoms with Crippen LogP contribution < -0.4 is 35.3 Å². The third kappa shape index (κ3) is 18.3. The Morgan fingerprint density at radius 3 is 2.10 bits per heavy atom. The lowest BCUT2D eigenvalue weighted by Crippen LogP contribution is -2.36. The summed E-state index contributed by atoms with van der Waals surface area (Å²) in [6.07, 6.45) is 4.57. The molecule has 4 N–H and O–H groups in total. The molecule has 9 rings (SSSR count). The molecule has 1 saturated heterocycles. The summed E-state index contributed by atoms with van der Waals surface area (Å²) in [4.78, 5) is 49.9. The van der Waals surface area contributed by atoms with Crippen molar-refractivity contribution in [2.45, 2.75) is 131 Å². The molecule has 0 spiro atoms. The van der Waals surface area contributed by atoms with Crippen LogP contribution in [-0.2, 0) is 25.5 Å². The van der Waals surface area contributed by atoms with Gasteiger partial charge in [0.05, 0.1) is 38.7 Å². The van der Waals surface area contributed by atoms with Gasteiger partial charge in [-0.15, -0.1) is 5.10 Å². The molecule has 23 heteroatoms. The van der Waals surface area contributed by atoms with E-state index in [0.29, 0.717) is 83.4 Å². The number of azo groups is 1. The third-order valence-electron chi connectivity index (χ3n) is 14.5. The van der Waals surface area contributed by atoms with Crippen molar-refractivity contribution in [1.29, 1.82) is 0 Å². The molecule has 0 aliphatic carbocycles. The van der Waals surface area contributed by atoms with E-state index in [0.717, 1.165) is 75.7 Å². The number of halogens is 5. The van der Waals surface area contributed by atoms with Gasteiger partial charge in [0.25, 0.3) is 17.7 Å². The SMILES string of the molecule is CCC(Oc1cccc(C)c1)C(=O)Nc1ccc(Cl)c(N=C2NN(c3c(Cl)cc(Cl)cc3Cl)C(=O)C2N=Nc2ccc(C)cc2)c1.CCCCCCC(Oc1ccc(C)cc1C)C(=O)Nc1ccc(OCCOCC)c(CC(C)c2nc3c(Cl)c(C)[nH]n3n2)c1. The van der Waals surface area contributed by atoms with E-state index in [-0.39, 0.29) is 50.0 Å². The molecule has 90 heavy (non-hydrogen) atoms. The Morgan fingerprint density at radius 1 is 0.722 bits per heavy atom. The minimum absolute atomic E-state index is 0.0426. The standard InChI is InChI=1S/C34H46ClN5O4.C33H28Cl4N6O3/c1-7-9-10-11-12-30(44-28-15-13-22(3)19-23(28)4)34(41)36-27-14-16-29(43-18-17-42-8-2)26(21-27)20-24(5)32-37-33-31(35)25(6)38-40(33)39-32;1-4-28(46-23-7-5-6-19(3)14-23)32(44)38-22-12-13-24(35)27(17-22)39-31-29(41-40-21-10-8-18(2)9-11-21)33(45)43(42-31)30-25(36)15-20(34)16-26(30)37/h13-16,19,21,24,30,38H,7-12,17-18,20H2,1-6H3,(H,36,41);5-17,28-29H,4H2,1-3H3,(H,38,44)(H,39,42). The van der Waals surface area contributed by atoms with E-state index in [9.17, 15) is 14.4 Å². The molecule has 3 amide bonds. The number of amides is 3. The predicted molar refractivity (Wildman–Crippen MR) is 360 cm³/mol. The quantitative estimate of drug-likeness (QED) is 0.0298. The number of ether oxygens (including phenoxy) is 4. The zero-order chi connectivity index (χ0) is 64.6. The summed E-state index contributed by atoms with van der Waals surface area (Å²) in [5.74, 6) is 1.73. The number of aromatic amines is 1. The van der Waals surface area contributed by atoms with Crippen LogP contribution in [0.25, 0.3) is 5.65 Å². The van der Waals surface area contributed by atoms with E-state index in [1.165, 1.54) is 12.1 Å². The van der Waals surface area contributed by atoms with Crippen molar-refractivity contribution in [2.75, 3.05) is 35.5 Å². The normalized spacial score (nSPS) is 14.5. The van der Waals surface area contributed by atoms with Gasteiger partial charge >= 0.3 is 0 Å². The molecule has 6 aromatic carbocycles. The van der Waals surface area contributed by atoms with Gasteiger partial charge in [0.15, 0.2) is 29.5 Å². The lowest BCUT2D eigenvalue weighted by atomic mass is 9.99.